The molecule has 5 nitrogen and oxygen atoms in total. The number of nitrogens with zero attached hydrogens (tertiary/aromatic N) is 1. The first-order valence-electron chi connectivity index (χ1n) is 5.43. The molecule has 0 aromatic carbocycles. The molecule has 1 rings (SSSR count). The molecule has 86 valence electrons. The maximum Gasteiger partial charge on any atom is 0.223 e. The minimum atomic E-state index is -0.363. The van der Waals surface area contributed by atoms with Crippen molar-refractivity contribution in [2.45, 2.75) is 19.8 Å². The predicted octanol–water partition coefficient (Wildman–Crippen LogP) is -0.680. The van der Waals surface area contributed by atoms with Crippen LogP contribution in [-0.4, -0.2) is 42.9 Å². The molecule has 15 heavy (non-hydrogen) atoms. The normalized spacial score (nSPS) is 21.0. The fourth-order valence-corrected chi connectivity index (χ4v) is 1.75. The quantitative estimate of drug-likeness (QED) is 0.574. The summed E-state index contributed by atoms with van der Waals surface area (Å²) in [5.41, 5.74) is 5.17. The van der Waals surface area contributed by atoms with Gasteiger partial charge in [0.1, 0.15) is 0 Å². The van der Waals surface area contributed by atoms with Crippen molar-refractivity contribution < 1.29 is 9.59 Å². The van der Waals surface area contributed by atoms with Gasteiger partial charge in [0.25, 0.3) is 0 Å². The van der Waals surface area contributed by atoms with Crippen molar-refractivity contribution in [3.8, 4) is 0 Å². The highest BCUT2D eigenvalue weighted by Gasteiger charge is 2.32. The smallest absolute Gasteiger partial charge is 0.223 e. The van der Waals surface area contributed by atoms with Gasteiger partial charge in [0.15, 0.2) is 0 Å². The average Bonchev–Trinajstić information content (AvgIpc) is 2.55. The highest BCUT2D eigenvalue weighted by Crippen LogP contribution is 2.17. The van der Waals surface area contributed by atoms with Crippen molar-refractivity contribution in [1.29, 1.82) is 0 Å². The fraction of sp³-hybridized carbons (Fsp3) is 0.800. The molecule has 1 unspecified atom stereocenters. The Morgan fingerprint density at radius 2 is 2.40 bits per heavy atom. The van der Waals surface area contributed by atoms with Gasteiger partial charge in [0.05, 0.1) is 5.92 Å². The predicted molar refractivity (Wildman–Crippen MR) is 57.0 cm³/mol. The molecule has 1 saturated heterocycles. The summed E-state index contributed by atoms with van der Waals surface area (Å²) >= 11 is 0. The molecule has 0 aliphatic carbocycles. The van der Waals surface area contributed by atoms with Crippen LogP contribution in [0.2, 0.25) is 0 Å². The van der Waals surface area contributed by atoms with Gasteiger partial charge in [0.2, 0.25) is 11.8 Å². The average molecular weight is 213 g/mol. The van der Waals surface area contributed by atoms with Crippen LogP contribution in [0, 0.1) is 5.92 Å². The van der Waals surface area contributed by atoms with E-state index in [0.29, 0.717) is 6.54 Å². The summed E-state index contributed by atoms with van der Waals surface area (Å²) in [7, 11) is 0. The molecule has 0 bridgehead atoms. The van der Waals surface area contributed by atoms with E-state index >= 15 is 0 Å². The van der Waals surface area contributed by atoms with E-state index in [1.54, 1.807) is 4.90 Å². The Bertz CT molecular complexity index is 243. The molecule has 0 spiro atoms. The second-order valence-electron chi connectivity index (χ2n) is 3.85. The molecular formula is C10H19N3O2. The molecule has 1 aliphatic rings. The van der Waals surface area contributed by atoms with Crippen molar-refractivity contribution in [2.24, 2.45) is 11.7 Å². The fourth-order valence-electron chi connectivity index (χ4n) is 1.75. The summed E-state index contributed by atoms with van der Waals surface area (Å²) in [4.78, 5) is 24.1. The van der Waals surface area contributed by atoms with E-state index < -0.39 is 0 Å². The second kappa shape index (κ2) is 5.70. The van der Waals surface area contributed by atoms with Crippen molar-refractivity contribution in [3.05, 3.63) is 0 Å². The molecule has 0 aromatic heterocycles. The number of carbonyl (C=O) groups is 2. The van der Waals surface area contributed by atoms with E-state index in [1.807, 2.05) is 6.92 Å². The van der Waals surface area contributed by atoms with Gasteiger partial charge in [-0.05, 0) is 19.5 Å². The van der Waals surface area contributed by atoms with Crippen LogP contribution in [0.3, 0.4) is 0 Å². The summed E-state index contributed by atoms with van der Waals surface area (Å²) in [6.45, 7) is 5.11. The minimum Gasteiger partial charge on any atom is -0.369 e. The number of rotatable bonds is 6. The summed E-state index contributed by atoms with van der Waals surface area (Å²) in [5, 5.41) is 3.19. The topological polar surface area (TPSA) is 75.4 Å². The molecule has 5 heteroatoms. The summed E-state index contributed by atoms with van der Waals surface area (Å²) in [6.07, 6.45) is 1.21. The van der Waals surface area contributed by atoms with Crippen LogP contribution in [0.1, 0.15) is 19.8 Å². The SMILES string of the molecule is CCNCCCN1CC(C(N)=O)CC1=O. The van der Waals surface area contributed by atoms with Crippen LogP contribution >= 0.6 is 0 Å². The number of nitrogens with one attached hydrogen (secondary N) is 1. The maximum absolute atomic E-state index is 11.5. The van der Waals surface area contributed by atoms with E-state index in [4.69, 9.17) is 5.73 Å². The zero-order chi connectivity index (χ0) is 11.3. The second-order valence-corrected chi connectivity index (χ2v) is 3.85. The Morgan fingerprint density at radius 3 is 2.93 bits per heavy atom. The van der Waals surface area contributed by atoms with Crippen LogP contribution in [0.5, 0.6) is 0 Å². The Labute approximate surface area is 90.0 Å². The Morgan fingerprint density at radius 1 is 1.67 bits per heavy atom. The molecule has 0 saturated carbocycles. The van der Waals surface area contributed by atoms with Gasteiger partial charge in [-0.2, -0.15) is 0 Å². The van der Waals surface area contributed by atoms with E-state index in [2.05, 4.69) is 5.32 Å². The highest BCUT2D eigenvalue weighted by atomic mass is 16.2. The maximum atomic E-state index is 11.5. The number of carbonyl (C=O) groups excluding carboxylic acids is 2. The van der Waals surface area contributed by atoms with E-state index in [0.717, 1.165) is 26.1 Å². The number of likely N-dealkylation sites (tertiary alicyclic amines) is 1. The van der Waals surface area contributed by atoms with Crippen LogP contribution < -0.4 is 11.1 Å². The third kappa shape index (κ3) is 3.51. The van der Waals surface area contributed by atoms with Crippen molar-refractivity contribution in [3.63, 3.8) is 0 Å². The van der Waals surface area contributed by atoms with Gasteiger partial charge < -0.3 is 16.0 Å². The number of hydrogen-bond donors (Lipinski definition) is 2. The summed E-state index contributed by atoms with van der Waals surface area (Å²) < 4.78 is 0. The van der Waals surface area contributed by atoms with Crippen LogP contribution in [0.15, 0.2) is 0 Å². The third-order valence-electron chi connectivity index (χ3n) is 2.65. The minimum absolute atomic E-state index is 0.0512. The first kappa shape index (κ1) is 12.0. The molecule has 1 fully saturated rings. The molecule has 0 aromatic rings. The molecule has 1 atom stereocenters. The lowest BCUT2D eigenvalue weighted by molar-refractivity contribution is -0.128. The van der Waals surface area contributed by atoms with Crippen molar-refractivity contribution in [1.82, 2.24) is 10.2 Å². The van der Waals surface area contributed by atoms with Gasteiger partial charge in [-0.25, -0.2) is 0 Å². The lowest BCUT2D eigenvalue weighted by Crippen LogP contribution is -2.30. The van der Waals surface area contributed by atoms with E-state index in [1.165, 1.54) is 0 Å². The number of hydrogen-bond acceptors (Lipinski definition) is 3. The zero-order valence-electron chi connectivity index (χ0n) is 9.16. The Kier molecular flexibility index (Phi) is 4.55. The number of nitrogens with two attached hydrogens (primary N) is 1. The third-order valence-corrected chi connectivity index (χ3v) is 2.65. The van der Waals surface area contributed by atoms with Gasteiger partial charge >= 0.3 is 0 Å². The molecule has 1 aliphatic heterocycles. The first-order valence-corrected chi connectivity index (χ1v) is 5.43. The number of amides is 2. The molecule has 0 radical (unpaired) electrons. The Hall–Kier alpha value is -1.10. The lowest BCUT2D eigenvalue weighted by atomic mass is 10.1. The van der Waals surface area contributed by atoms with E-state index in [9.17, 15) is 9.59 Å². The van der Waals surface area contributed by atoms with Gasteiger partial charge in [-0.1, -0.05) is 6.92 Å². The van der Waals surface area contributed by atoms with Crippen molar-refractivity contribution in [2.75, 3.05) is 26.2 Å². The van der Waals surface area contributed by atoms with E-state index in [-0.39, 0.29) is 24.2 Å². The number of primary amides is 1. The standard InChI is InChI=1S/C10H19N3O2/c1-2-12-4-3-5-13-7-8(10(11)15)6-9(13)14/h8,12H,2-7H2,1H3,(H2,11,15). The largest absolute Gasteiger partial charge is 0.369 e. The monoisotopic (exact) mass is 213 g/mol. The van der Waals surface area contributed by atoms with Crippen molar-refractivity contribution >= 4 is 11.8 Å². The molecule has 3 N–H and O–H groups in total. The lowest BCUT2D eigenvalue weighted by Gasteiger charge is -2.15. The van der Waals surface area contributed by atoms with Gasteiger partial charge in [-0.3, -0.25) is 9.59 Å². The molecule has 1 heterocycles. The van der Waals surface area contributed by atoms with Gasteiger partial charge in [0, 0.05) is 19.5 Å². The molecular weight excluding hydrogens is 194 g/mol. The van der Waals surface area contributed by atoms with Crippen LogP contribution in [0.25, 0.3) is 0 Å². The summed E-state index contributed by atoms with van der Waals surface area (Å²) in [5.74, 6) is -0.593. The summed E-state index contributed by atoms with van der Waals surface area (Å²) in [6, 6.07) is 0. The molecule has 2 amide bonds. The highest BCUT2D eigenvalue weighted by molar-refractivity contribution is 5.88. The first-order chi connectivity index (χ1) is 7.15. The van der Waals surface area contributed by atoms with Crippen LogP contribution in [0.4, 0.5) is 0 Å². The van der Waals surface area contributed by atoms with Gasteiger partial charge in [-0.15, -0.1) is 0 Å². The van der Waals surface area contributed by atoms with Crippen LogP contribution in [-0.2, 0) is 9.59 Å². The zero-order valence-corrected chi connectivity index (χ0v) is 9.16. The Balaban J connectivity index is 2.25.